The van der Waals surface area contributed by atoms with Crippen LogP contribution < -0.4 is 21.0 Å². The lowest BCUT2D eigenvalue weighted by Gasteiger charge is -2.11. The number of hydrogen-bond acceptors (Lipinski definition) is 4. The lowest BCUT2D eigenvalue weighted by Crippen LogP contribution is -2.32. The Morgan fingerprint density at radius 1 is 0.966 bits per heavy atom. The van der Waals surface area contributed by atoms with Crippen LogP contribution in [-0.4, -0.2) is 16.5 Å². The molecule has 2 amide bonds. The number of carbonyl (C=O) groups excluding carboxylic acids is 2. The van der Waals surface area contributed by atoms with Gasteiger partial charge >= 0.3 is 0 Å². The van der Waals surface area contributed by atoms with Gasteiger partial charge in [-0.1, -0.05) is 18.2 Å². The van der Waals surface area contributed by atoms with Crippen LogP contribution in [0.4, 0.5) is 15.8 Å². The maximum absolute atomic E-state index is 13.7. The summed E-state index contributed by atoms with van der Waals surface area (Å²) in [6.45, 7) is 1.23. The minimum absolute atomic E-state index is 0.132. The third kappa shape index (κ3) is 5.07. The summed E-state index contributed by atoms with van der Waals surface area (Å²) in [6.07, 6.45) is 1.35. The normalized spacial score (nSPS) is 10.3. The van der Waals surface area contributed by atoms with Crippen molar-refractivity contribution >= 4 is 23.2 Å². The quantitative estimate of drug-likeness (QED) is 0.672. The molecule has 0 saturated carbocycles. The fourth-order valence-corrected chi connectivity index (χ4v) is 2.54. The van der Waals surface area contributed by atoms with Crippen LogP contribution in [0.25, 0.3) is 0 Å². The minimum Gasteiger partial charge on any atom is -0.406 e. The highest BCUT2D eigenvalue weighted by Gasteiger charge is 2.13. The lowest BCUT2D eigenvalue weighted by molar-refractivity contribution is -0.114. The van der Waals surface area contributed by atoms with Crippen LogP contribution in [0.2, 0.25) is 0 Å². The molecule has 0 bridgehead atoms. The van der Waals surface area contributed by atoms with Gasteiger partial charge in [0.05, 0.1) is 0 Å². The molecular formula is C21H18FN3O4. The van der Waals surface area contributed by atoms with Gasteiger partial charge in [0.2, 0.25) is 5.91 Å². The highest BCUT2D eigenvalue weighted by Crippen LogP contribution is 2.14. The third-order valence-electron chi connectivity index (χ3n) is 3.94. The number of aromatic nitrogens is 1. The number of nitrogens with zero attached hydrogens (tertiary/aromatic N) is 1. The smallest absolute Gasteiger partial charge is 0.295 e. The van der Waals surface area contributed by atoms with Crippen molar-refractivity contribution in [2.24, 2.45) is 0 Å². The highest BCUT2D eigenvalue weighted by atomic mass is 19.1. The summed E-state index contributed by atoms with van der Waals surface area (Å²) in [5.41, 5.74) is 0.516. The molecule has 7 nitrogen and oxygen atoms in total. The van der Waals surface area contributed by atoms with Crippen molar-refractivity contribution in [1.29, 1.82) is 0 Å². The predicted octanol–water partition coefficient (Wildman–Crippen LogP) is 2.83. The Morgan fingerprint density at radius 3 is 2.28 bits per heavy atom. The van der Waals surface area contributed by atoms with Gasteiger partial charge in [0.15, 0.2) is 0 Å². The van der Waals surface area contributed by atoms with Gasteiger partial charge in [0.25, 0.3) is 11.5 Å². The number of rotatable bonds is 6. The Bertz CT molecular complexity index is 1090. The van der Waals surface area contributed by atoms with E-state index in [4.69, 9.17) is 4.84 Å². The molecule has 0 saturated heterocycles. The van der Waals surface area contributed by atoms with E-state index in [0.717, 1.165) is 4.73 Å². The molecule has 2 N–H and O–H groups in total. The number of pyridine rings is 1. The molecule has 1 aromatic heterocycles. The predicted molar refractivity (Wildman–Crippen MR) is 106 cm³/mol. The molecule has 0 aliphatic carbocycles. The zero-order valence-electron chi connectivity index (χ0n) is 15.5. The van der Waals surface area contributed by atoms with Crippen molar-refractivity contribution in [3.63, 3.8) is 0 Å². The van der Waals surface area contributed by atoms with Gasteiger partial charge in [0, 0.05) is 30.1 Å². The highest BCUT2D eigenvalue weighted by molar-refractivity contribution is 6.04. The molecule has 2 aromatic carbocycles. The molecule has 3 aromatic rings. The average Bonchev–Trinajstić information content (AvgIpc) is 2.69. The van der Waals surface area contributed by atoms with Crippen LogP contribution in [0.5, 0.6) is 0 Å². The summed E-state index contributed by atoms with van der Waals surface area (Å²) in [6, 6.07) is 15.3. The standard InChI is InChI=1S/C21H18FN3O4/c1-14(26)23-16-8-10-17(11-9-16)24-20(27)18-6-4-12-25(21(18)28)29-13-15-5-2-3-7-19(15)22/h2-12H,13H2,1H3,(H,23,26)(H,24,27). The van der Waals surface area contributed by atoms with E-state index in [1.165, 1.54) is 31.3 Å². The van der Waals surface area contributed by atoms with E-state index in [2.05, 4.69) is 10.6 Å². The average molecular weight is 395 g/mol. The first kappa shape index (κ1) is 19.8. The second kappa shape index (κ2) is 8.83. The molecule has 3 rings (SSSR count). The van der Waals surface area contributed by atoms with E-state index in [0.29, 0.717) is 11.4 Å². The SMILES string of the molecule is CC(=O)Nc1ccc(NC(=O)c2cccn(OCc3ccccc3F)c2=O)cc1. The Labute approximate surface area is 165 Å². The maximum atomic E-state index is 13.7. The summed E-state index contributed by atoms with van der Waals surface area (Å²) >= 11 is 0. The van der Waals surface area contributed by atoms with Crippen molar-refractivity contribution in [3.8, 4) is 0 Å². The Kier molecular flexibility index (Phi) is 6.03. The van der Waals surface area contributed by atoms with Crippen LogP contribution in [-0.2, 0) is 11.4 Å². The number of amides is 2. The van der Waals surface area contributed by atoms with E-state index in [9.17, 15) is 18.8 Å². The zero-order valence-corrected chi connectivity index (χ0v) is 15.5. The lowest BCUT2D eigenvalue weighted by atomic mass is 10.2. The summed E-state index contributed by atoms with van der Waals surface area (Å²) in [4.78, 5) is 41.4. The molecule has 0 fully saturated rings. The zero-order chi connectivity index (χ0) is 20.8. The van der Waals surface area contributed by atoms with Gasteiger partial charge in [-0.25, -0.2) is 4.39 Å². The van der Waals surface area contributed by atoms with E-state index in [-0.39, 0.29) is 23.6 Å². The molecular weight excluding hydrogens is 377 g/mol. The molecule has 148 valence electrons. The molecule has 8 heteroatoms. The molecule has 1 heterocycles. The molecule has 0 atom stereocenters. The van der Waals surface area contributed by atoms with E-state index >= 15 is 0 Å². The van der Waals surface area contributed by atoms with Crippen molar-refractivity contribution in [1.82, 2.24) is 4.73 Å². The molecule has 0 aliphatic heterocycles. The summed E-state index contributed by atoms with van der Waals surface area (Å²) in [5, 5.41) is 5.23. The number of nitrogens with one attached hydrogen (secondary N) is 2. The number of benzene rings is 2. The fourth-order valence-electron chi connectivity index (χ4n) is 2.54. The fraction of sp³-hybridized carbons (Fsp3) is 0.0952. The van der Waals surface area contributed by atoms with Crippen LogP contribution in [0.3, 0.4) is 0 Å². The Hall–Kier alpha value is -3.94. The Morgan fingerprint density at radius 2 is 1.62 bits per heavy atom. The van der Waals surface area contributed by atoms with Crippen LogP contribution >= 0.6 is 0 Å². The molecule has 0 unspecified atom stereocenters. The van der Waals surface area contributed by atoms with E-state index < -0.39 is 17.3 Å². The monoisotopic (exact) mass is 395 g/mol. The minimum atomic E-state index is -0.670. The van der Waals surface area contributed by atoms with Gasteiger partial charge in [-0.15, -0.1) is 0 Å². The van der Waals surface area contributed by atoms with E-state index in [1.54, 1.807) is 42.5 Å². The van der Waals surface area contributed by atoms with Gasteiger partial charge in [0.1, 0.15) is 18.0 Å². The van der Waals surface area contributed by atoms with Crippen molar-refractivity contribution in [3.05, 3.63) is 94.2 Å². The van der Waals surface area contributed by atoms with Gasteiger partial charge in [-0.05, 0) is 42.5 Å². The van der Waals surface area contributed by atoms with Gasteiger partial charge in [-0.2, -0.15) is 4.73 Å². The first-order valence-electron chi connectivity index (χ1n) is 8.71. The summed E-state index contributed by atoms with van der Waals surface area (Å²) < 4.78 is 14.6. The number of hydrogen-bond donors (Lipinski definition) is 2. The molecule has 0 radical (unpaired) electrons. The van der Waals surface area contributed by atoms with Crippen LogP contribution in [0.15, 0.2) is 71.7 Å². The first-order valence-corrected chi connectivity index (χ1v) is 8.71. The number of anilines is 2. The maximum Gasteiger partial charge on any atom is 0.295 e. The van der Waals surface area contributed by atoms with E-state index in [1.807, 2.05) is 0 Å². The second-order valence-electron chi connectivity index (χ2n) is 6.13. The molecule has 0 aliphatic rings. The largest absolute Gasteiger partial charge is 0.406 e. The van der Waals surface area contributed by atoms with Crippen molar-refractivity contribution in [2.75, 3.05) is 10.6 Å². The molecule has 0 spiro atoms. The molecule has 29 heavy (non-hydrogen) atoms. The summed E-state index contributed by atoms with van der Waals surface area (Å²) in [5.74, 6) is -1.27. The van der Waals surface area contributed by atoms with Crippen LogP contribution in [0.1, 0.15) is 22.8 Å². The number of carbonyl (C=O) groups is 2. The topological polar surface area (TPSA) is 89.4 Å². The third-order valence-corrected chi connectivity index (χ3v) is 3.94. The Balaban J connectivity index is 1.71. The number of halogens is 1. The van der Waals surface area contributed by atoms with Crippen LogP contribution in [0, 0.1) is 5.82 Å². The second-order valence-corrected chi connectivity index (χ2v) is 6.13. The summed E-state index contributed by atoms with van der Waals surface area (Å²) in [7, 11) is 0. The van der Waals surface area contributed by atoms with Gasteiger partial charge < -0.3 is 15.5 Å². The van der Waals surface area contributed by atoms with Crippen molar-refractivity contribution < 1.29 is 18.8 Å². The van der Waals surface area contributed by atoms with Gasteiger partial charge in [-0.3, -0.25) is 14.4 Å². The van der Waals surface area contributed by atoms with Crippen molar-refractivity contribution in [2.45, 2.75) is 13.5 Å². The first-order chi connectivity index (χ1) is 13.9.